The van der Waals surface area contributed by atoms with Gasteiger partial charge in [0, 0.05) is 12.5 Å². The molecule has 0 aliphatic heterocycles. The molecule has 1 aliphatic rings. The number of fused-ring (bicyclic) bond motifs is 1. The molecule has 1 N–H and O–H groups in total. The third kappa shape index (κ3) is 2.33. The first kappa shape index (κ1) is 14.1. The van der Waals surface area contributed by atoms with Crippen molar-refractivity contribution >= 4 is 17.0 Å². The molecule has 3 rings (SSSR count). The molecular formula is C17H22N2O2. The second-order valence-corrected chi connectivity index (χ2v) is 6.54. The molecule has 4 nitrogen and oxygen atoms in total. The number of carboxylic acid groups (broad SMARTS) is 1. The molecule has 0 radical (unpaired) electrons. The Morgan fingerprint density at radius 3 is 2.67 bits per heavy atom. The topological polar surface area (TPSA) is 55.1 Å². The standard InChI is InChI=1S/C17H22N2O2/c1-4-17(8-9-17)10-19-13-7-5-6-12(16(20)21)14(13)18-15(19)11(2)3/h5-7,11H,4,8-10H2,1-3H3,(H,20,21). The lowest BCUT2D eigenvalue weighted by Crippen LogP contribution is -2.14. The van der Waals surface area contributed by atoms with E-state index in [1.54, 1.807) is 6.07 Å². The van der Waals surface area contributed by atoms with Crippen LogP contribution >= 0.6 is 0 Å². The summed E-state index contributed by atoms with van der Waals surface area (Å²) in [4.78, 5) is 16.1. The number of aromatic carboxylic acids is 1. The quantitative estimate of drug-likeness (QED) is 0.902. The molecule has 4 heteroatoms. The van der Waals surface area contributed by atoms with Gasteiger partial charge in [-0.05, 0) is 36.8 Å². The van der Waals surface area contributed by atoms with Crippen LogP contribution in [0.4, 0.5) is 0 Å². The number of rotatable bonds is 5. The highest BCUT2D eigenvalue weighted by atomic mass is 16.4. The first-order chi connectivity index (χ1) is 9.97. The maximum absolute atomic E-state index is 11.4. The lowest BCUT2D eigenvalue weighted by molar-refractivity contribution is 0.0699. The molecule has 21 heavy (non-hydrogen) atoms. The van der Waals surface area contributed by atoms with Crippen molar-refractivity contribution in [3.05, 3.63) is 29.6 Å². The van der Waals surface area contributed by atoms with Crippen molar-refractivity contribution in [1.29, 1.82) is 0 Å². The monoisotopic (exact) mass is 286 g/mol. The van der Waals surface area contributed by atoms with Gasteiger partial charge >= 0.3 is 5.97 Å². The molecule has 1 aromatic carbocycles. The third-order valence-electron chi connectivity index (χ3n) is 4.76. The second-order valence-electron chi connectivity index (χ2n) is 6.54. The zero-order chi connectivity index (χ0) is 15.2. The van der Waals surface area contributed by atoms with Crippen molar-refractivity contribution in [2.75, 3.05) is 0 Å². The molecule has 0 saturated heterocycles. The zero-order valence-corrected chi connectivity index (χ0v) is 12.9. The number of hydrogen-bond donors (Lipinski definition) is 1. The Balaban J connectivity index is 2.18. The van der Waals surface area contributed by atoms with Crippen molar-refractivity contribution in [1.82, 2.24) is 9.55 Å². The van der Waals surface area contributed by atoms with Gasteiger partial charge in [0.2, 0.25) is 0 Å². The molecule has 0 bridgehead atoms. The summed E-state index contributed by atoms with van der Waals surface area (Å²) in [6.07, 6.45) is 3.70. The lowest BCUT2D eigenvalue weighted by Gasteiger charge is -2.18. The molecule has 2 aromatic rings. The average molecular weight is 286 g/mol. The van der Waals surface area contributed by atoms with Crippen LogP contribution in [0.15, 0.2) is 18.2 Å². The van der Waals surface area contributed by atoms with Crippen LogP contribution in [0.25, 0.3) is 11.0 Å². The van der Waals surface area contributed by atoms with Gasteiger partial charge in [-0.2, -0.15) is 0 Å². The Morgan fingerprint density at radius 1 is 1.43 bits per heavy atom. The maximum atomic E-state index is 11.4. The highest BCUT2D eigenvalue weighted by Crippen LogP contribution is 2.50. The summed E-state index contributed by atoms with van der Waals surface area (Å²) in [6.45, 7) is 7.42. The Labute approximate surface area is 124 Å². The lowest BCUT2D eigenvalue weighted by atomic mass is 10.0. The van der Waals surface area contributed by atoms with Crippen molar-refractivity contribution < 1.29 is 9.90 Å². The SMILES string of the molecule is CCC1(Cn2c(C(C)C)nc3c(C(=O)O)cccc32)CC1. The molecule has 1 saturated carbocycles. The fourth-order valence-electron chi connectivity index (χ4n) is 3.08. The first-order valence-corrected chi connectivity index (χ1v) is 7.70. The molecule has 0 amide bonds. The molecule has 0 atom stereocenters. The van der Waals surface area contributed by atoms with E-state index in [1.165, 1.54) is 19.3 Å². The molecule has 112 valence electrons. The minimum Gasteiger partial charge on any atom is -0.478 e. The van der Waals surface area contributed by atoms with Gasteiger partial charge in [-0.1, -0.05) is 26.8 Å². The average Bonchev–Trinajstić information content (AvgIpc) is 3.13. The van der Waals surface area contributed by atoms with E-state index < -0.39 is 5.97 Å². The second kappa shape index (κ2) is 4.86. The van der Waals surface area contributed by atoms with Gasteiger partial charge in [-0.3, -0.25) is 0 Å². The van der Waals surface area contributed by atoms with Crippen LogP contribution in [0, 0.1) is 5.41 Å². The van der Waals surface area contributed by atoms with Gasteiger partial charge in [0.05, 0.1) is 11.1 Å². The summed E-state index contributed by atoms with van der Waals surface area (Å²) < 4.78 is 2.25. The Hall–Kier alpha value is -1.84. The number of benzene rings is 1. The zero-order valence-electron chi connectivity index (χ0n) is 12.9. The minimum atomic E-state index is -0.905. The number of carbonyl (C=O) groups is 1. The fourth-order valence-corrected chi connectivity index (χ4v) is 3.08. The molecule has 1 heterocycles. The summed E-state index contributed by atoms with van der Waals surface area (Å²) in [5.41, 5.74) is 2.28. The molecule has 1 aliphatic carbocycles. The van der Waals surface area contributed by atoms with Crippen LogP contribution in [0.5, 0.6) is 0 Å². The number of para-hydroxylation sites is 1. The molecular weight excluding hydrogens is 264 g/mol. The summed E-state index contributed by atoms with van der Waals surface area (Å²) in [5.74, 6) is 0.377. The highest BCUT2D eigenvalue weighted by Gasteiger charge is 2.41. The van der Waals surface area contributed by atoms with Crippen molar-refractivity contribution in [2.24, 2.45) is 5.41 Å². The number of imidazole rings is 1. The van der Waals surface area contributed by atoms with Gasteiger partial charge in [0.15, 0.2) is 0 Å². The Morgan fingerprint density at radius 2 is 2.14 bits per heavy atom. The van der Waals surface area contributed by atoms with Gasteiger partial charge in [0.1, 0.15) is 11.3 Å². The van der Waals surface area contributed by atoms with E-state index in [0.29, 0.717) is 16.5 Å². The van der Waals surface area contributed by atoms with E-state index in [2.05, 4.69) is 30.3 Å². The highest BCUT2D eigenvalue weighted by molar-refractivity contribution is 6.01. The Kier molecular flexibility index (Phi) is 3.27. The molecule has 1 fully saturated rings. The van der Waals surface area contributed by atoms with Crippen molar-refractivity contribution in [3.8, 4) is 0 Å². The predicted octanol–water partition coefficient (Wildman–Crippen LogP) is 4.05. The number of nitrogens with zero attached hydrogens (tertiary/aromatic N) is 2. The Bertz CT molecular complexity index is 696. The van der Waals surface area contributed by atoms with Gasteiger partial charge in [-0.25, -0.2) is 9.78 Å². The van der Waals surface area contributed by atoms with Crippen LogP contribution in [0.3, 0.4) is 0 Å². The normalized spacial score (nSPS) is 16.6. The molecule has 0 spiro atoms. The van der Waals surface area contributed by atoms with Crippen molar-refractivity contribution in [3.63, 3.8) is 0 Å². The van der Waals surface area contributed by atoms with E-state index in [0.717, 1.165) is 17.9 Å². The van der Waals surface area contributed by atoms with Crippen molar-refractivity contribution in [2.45, 2.75) is 52.5 Å². The van der Waals surface area contributed by atoms with Gasteiger partial charge < -0.3 is 9.67 Å². The summed E-state index contributed by atoms with van der Waals surface area (Å²) >= 11 is 0. The van der Waals surface area contributed by atoms with Crippen LogP contribution in [0.1, 0.15) is 62.1 Å². The van der Waals surface area contributed by atoms with Crippen LogP contribution < -0.4 is 0 Å². The number of aromatic nitrogens is 2. The summed E-state index contributed by atoms with van der Waals surface area (Å²) in [6, 6.07) is 5.45. The smallest absolute Gasteiger partial charge is 0.337 e. The minimum absolute atomic E-state index is 0.284. The number of hydrogen-bond acceptors (Lipinski definition) is 2. The van der Waals surface area contributed by atoms with E-state index >= 15 is 0 Å². The number of carboxylic acids is 1. The van der Waals surface area contributed by atoms with E-state index in [9.17, 15) is 9.90 Å². The van der Waals surface area contributed by atoms with Gasteiger partial charge in [-0.15, -0.1) is 0 Å². The van der Waals surface area contributed by atoms with E-state index in [-0.39, 0.29) is 5.92 Å². The molecule has 0 unspecified atom stereocenters. The third-order valence-corrected chi connectivity index (χ3v) is 4.76. The van der Waals surface area contributed by atoms with E-state index in [1.807, 2.05) is 12.1 Å². The maximum Gasteiger partial charge on any atom is 0.337 e. The van der Waals surface area contributed by atoms with Crippen LogP contribution in [0.2, 0.25) is 0 Å². The summed E-state index contributed by atoms with van der Waals surface area (Å²) in [7, 11) is 0. The summed E-state index contributed by atoms with van der Waals surface area (Å²) in [5, 5.41) is 9.36. The largest absolute Gasteiger partial charge is 0.478 e. The van der Waals surface area contributed by atoms with Crippen LogP contribution in [-0.2, 0) is 6.54 Å². The van der Waals surface area contributed by atoms with E-state index in [4.69, 9.17) is 0 Å². The van der Waals surface area contributed by atoms with Gasteiger partial charge in [0.25, 0.3) is 0 Å². The van der Waals surface area contributed by atoms with Crippen LogP contribution in [-0.4, -0.2) is 20.6 Å². The first-order valence-electron chi connectivity index (χ1n) is 7.70. The predicted molar refractivity (Wildman–Crippen MR) is 82.7 cm³/mol. The fraction of sp³-hybridized carbons (Fsp3) is 0.529. The molecule has 1 aromatic heterocycles.